The molecule has 0 radical (unpaired) electrons. The number of methoxy groups -OCH3 is 3. The average molecular weight is 402 g/mol. The van der Waals surface area contributed by atoms with Crippen molar-refractivity contribution >= 4 is 11.9 Å². The zero-order valence-electron chi connectivity index (χ0n) is 16.5. The quantitative estimate of drug-likeness (QED) is 0.359. The van der Waals surface area contributed by atoms with Crippen LogP contribution in [-0.4, -0.2) is 53.1 Å². The number of benzene rings is 2. The van der Waals surface area contributed by atoms with Crippen LogP contribution in [0.3, 0.4) is 0 Å². The predicted molar refractivity (Wildman–Crippen MR) is 102 cm³/mol. The van der Waals surface area contributed by atoms with Gasteiger partial charge in [0.1, 0.15) is 13.2 Å². The molecule has 0 bridgehead atoms. The van der Waals surface area contributed by atoms with Gasteiger partial charge in [-0.2, -0.15) is 0 Å². The van der Waals surface area contributed by atoms with Gasteiger partial charge in [-0.3, -0.25) is 0 Å². The van der Waals surface area contributed by atoms with Crippen LogP contribution < -0.4 is 14.2 Å². The first-order valence-electron chi connectivity index (χ1n) is 8.92. The van der Waals surface area contributed by atoms with Gasteiger partial charge in [-0.05, 0) is 23.8 Å². The Balaban J connectivity index is 2.00. The molecule has 0 aromatic heterocycles. The summed E-state index contributed by atoms with van der Waals surface area (Å²) in [4.78, 5) is 24.3. The summed E-state index contributed by atoms with van der Waals surface area (Å²) in [5.74, 6) is -0.140. The molecule has 154 valence electrons. The molecule has 0 unspecified atom stereocenters. The first kappa shape index (κ1) is 20.6. The summed E-state index contributed by atoms with van der Waals surface area (Å²) in [5, 5.41) is 0. The van der Waals surface area contributed by atoms with E-state index in [1.807, 2.05) is 6.07 Å². The van der Waals surface area contributed by atoms with Gasteiger partial charge < -0.3 is 28.4 Å². The molecular weight excluding hydrogens is 380 g/mol. The van der Waals surface area contributed by atoms with Crippen molar-refractivity contribution in [3.63, 3.8) is 0 Å². The SMILES string of the molecule is COCCOCC(=O)Oc1c(-c2cccc3c2COC3=O)ccc(OC)c1OC. The monoisotopic (exact) mass is 402 g/mol. The fraction of sp³-hybridized carbons (Fsp3) is 0.333. The number of cyclic esters (lactones) is 1. The van der Waals surface area contributed by atoms with E-state index in [2.05, 4.69) is 0 Å². The third kappa shape index (κ3) is 4.33. The van der Waals surface area contributed by atoms with E-state index in [-0.39, 0.29) is 37.3 Å². The summed E-state index contributed by atoms with van der Waals surface area (Å²) in [7, 11) is 4.49. The lowest BCUT2D eigenvalue weighted by atomic mass is 9.95. The summed E-state index contributed by atoms with van der Waals surface area (Å²) < 4.78 is 31.6. The van der Waals surface area contributed by atoms with E-state index in [9.17, 15) is 9.59 Å². The van der Waals surface area contributed by atoms with Crippen LogP contribution in [0, 0.1) is 0 Å². The molecule has 0 saturated heterocycles. The third-order valence-electron chi connectivity index (χ3n) is 4.40. The summed E-state index contributed by atoms with van der Waals surface area (Å²) >= 11 is 0. The number of fused-ring (bicyclic) bond motifs is 1. The minimum absolute atomic E-state index is 0.145. The van der Waals surface area contributed by atoms with Gasteiger partial charge in [0.05, 0.1) is 33.0 Å². The third-order valence-corrected chi connectivity index (χ3v) is 4.40. The first-order chi connectivity index (χ1) is 14.1. The molecule has 8 nitrogen and oxygen atoms in total. The second-order valence-corrected chi connectivity index (χ2v) is 6.11. The second-order valence-electron chi connectivity index (χ2n) is 6.11. The van der Waals surface area contributed by atoms with Crippen LogP contribution >= 0.6 is 0 Å². The van der Waals surface area contributed by atoms with Crippen LogP contribution in [0.2, 0.25) is 0 Å². The summed E-state index contributed by atoms with van der Waals surface area (Å²) in [6.45, 7) is 0.522. The van der Waals surface area contributed by atoms with E-state index in [1.165, 1.54) is 14.2 Å². The van der Waals surface area contributed by atoms with Crippen LogP contribution in [0.25, 0.3) is 11.1 Å². The Kier molecular flexibility index (Phi) is 6.69. The van der Waals surface area contributed by atoms with E-state index in [1.54, 1.807) is 31.4 Å². The predicted octanol–water partition coefficient (Wildman–Crippen LogP) is 2.61. The van der Waals surface area contributed by atoms with Crippen molar-refractivity contribution in [2.75, 3.05) is 41.2 Å². The van der Waals surface area contributed by atoms with Gasteiger partial charge in [0.25, 0.3) is 0 Å². The fourth-order valence-corrected chi connectivity index (χ4v) is 3.05. The standard InChI is InChI=1S/C21H22O8/c1-24-9-10-27-12-18(22)29-19-14(7-8-17(25-2)20(19)26-3)13-5-4-6-15-16(13)11-28-21(15)23/h4-8H,9-12H2,1-3H3. The van der Waals surface area contributed by atoms with Crippen molar-refractivity contribution in [3.8, 4) is 28.4 Å². The van der Waals surface area contributed by atoms with Crippen molar-refractivity contribution in [3.05, 3.63) is 41.5 Å². The minimum Gasteiger partial charge on any atom is -0.493 e. The van der Waals surface area contributed by atoms with Crippen molar-refractivity contribution in [1.29, 1.82) is 0 Å². The Bertz CT molecular complexity index is 906. The van der Waals surface area contributed by atoms with Gasteiger partial charge in [-0.1, -0.05) is 12.1 Å². The Labute approximate surface area is 168 Å². The Morgan fingerprint density at radius 3 is 2.48 bits per heavy atom. The van der Waals surface area contributed by atoms with Crippen molar-refractivity contribution < 1.29 is 38.0 Å². The lowest BCUT2D eigenvalue weighted by Gasteiger charge is -2.18. The molecule has 1 aliphatic rings. The second kappa shape index (κ2) is 9.40. The molecule has 1 aliphatic heterocycles. The maximum absolute atomic E-state index is 12.3. The number of ether oxygens (including phenoxy) is 6. The van der Waals surface area contributed by atoms with Gasteiger partial charge in [0.15, 0.2) is 11.5 Å². The smallest absolute Gasteiger partial charge is 0.338 e. The summed E-state index contributed by atoms with van der Waals surface area (Å²) in [6.07, 6.45) is 0. The van der Waals surface area contributed by atoms with E-state index >= 15 is 0 Å². The molecule has 0 aliphatic carbocycles. The zero-order chi connectivity index (χ0) is 20.8. The first-order valence-corrected chi connectivity index (χ1v) is 8.92. The zero-order valence-corrected chi connectivity index (χ0v) is 16.5. The van der Waals surface area contributed by atoms with Gasteiger partial charge in [0, 0.05) is 18.2 Å². The molecule has 3 rings (SSSR count). The molecule has 0 amide bonds. The van der Waals surface area contributed by atoms with Gasteiger partial charge in [-0.25, -0.2) is 9.59 Å². The highest BCUT2D eigenvalue weighted by Gasteiger charge is 2.28. The molecule has 0 fully saturated rings. The van der Waals surface area contributed by atoms with Crippen LogP contribution in [0.15, 0.2) is 30.3 Å². The van der Waals surface area contributed by atoms with E-state index in [4.69, 9.17) is 28.4 Å². The number of carbonyl (C=O) groups excluding carboxylic acids is 2. The molecule has 2 aromatic carbocycles. The van der Waals surface area contributed by atoms with Crippen molar-refractivity contribution in [2.45, 2.75) is 6.61 Å². The highest BCUT2D eigenvalue weighted by molar-refractivity contribution is 5.97. The molecule has 29 heavy (non-hydrogen) atoms. The number of hydrogen-bond donors (Lipinski definition) is 0. The Morgan fingerprint density at radius 1 is 0.966 bits per heavy atom. The highest BCUT2D eigenvalue weighted by atomic mass is 16.6. The lowest BCUT2D eigenvalue weighted by Crippen LogP contribution is -2.18. The van der Waals surface area contributed by atoms with Gasteiger partial charge in [-0.15, -0.1) is 0 Å². The molecule has 1 heterocycles. The lowest BCUT2D eigenvalue weighted by molar-refractivity contribution is -0.140. The molecule has 8 heteroatoms. The maximum atomic E-state index is 12.3. The van der Waals surface area contributed by atoms with Crippen LogP contribution in [0.5, 0.6) is 17.2 Å². The number of carbonyl (C=O) groups is 2. The number of hydrogen-bond acceptors (Lipinski definition) is 8. The Hall–Kier alpha value is -3.10. The van der Waals surface area contributed by atoms with Crippen LogP contribution in [0.1, 0.15) is 15.9 Å². The summed E-state index contributed by atoms with van der Waals surface area (Å²) in [6, 6.07) is 8.72. The Morgan fingerprint density at radius 2 is 1.76 bits per heavy atom. The highest BCUT2D eigenvalue weighted by Crippen LogP contribution is 2.46. The van der Waals surface area contributed by atoms with E-state index in [0.29, 0.717) is 29.0 Å². The molecular formula is C21H22O8. The van der Waals surface area contributed by atoms with Gasteiger partial charge >= 0.3 is 11.9 Å². The minimum atomic E-state index is -0.603. The van der Waals surface area contributed by atoms with Crippen LogP contribution in [0.4, 0.5) is 0 Å². The van der Waals surface area contributed by atoms with Crippen molar-refractivity contribution in [1.82, 2.24) is 0 Å². The molecule has 2 aromatic rings. The van der Waals surface area contributed by atoms with E-state index < -0.39 is 5.97 Å². The molecule has 0 spiro atoms. The topological polar surface area (TPSA) is 89.5 Å². The summed E-state index contributed by atoms with van der Waals surface area (Å²) in [5.41, 5.74) is 2.48. The maximum Gasteiger partial charge on any atom is 0.338 e. The largest absolute Gasteiger partial charge is 0.493 e. The van der Waals surface area contributed by atoms with Crippen LogP contribution in [-0.2, 0) is 25.6 Å². The van der Waals surface area contributed by atoms with Crippen molar-refractivity contribution in [2.24, 2.45) is 0 Å². The fourth-order valence-electron chi connectivity index (χ4n) is 3.05. The number of esters is 2. The number of rotatable bonds is 9. The van der Waals surface area contributed by atoms with E-state index in [0.717, 1.165) is 5.56 Å². The molecule has 0 saturated carbocycles. The molecule has 0 atom stereocenters. The average Bonchev–Trinajstić information content (AvgIpc) is 3.12. The normalized spacial score (nSPS) is 12.3. The van der Waals surface area contributed by atoms with Gasteiger partial charge in [0.2, 0.25) is 5.75 Å². The molecule has 0 N–H and O–H groups in total.